The Bertz CT molecular complexity index is 294. The highest BCUT2D eigenvalue weighted by Crippen LogP contribution is 2.11. The van der Waals surface area contributed by atoms with E-state index in [4.69, 9.17) is 0 Å². The average Bonchev–Trinajstić information content (AvgIpc) is 2.51. The van der Waals surface area contributed by atoms with Crippen molar-refractivity contribution in [3.63, 3.8) is 0 Å². The van der Waals surface area contributed by atoms with Crippen LogP contribution >= 0.6 is 12.6 Å². The first-order valence-electron chi connectivity index (χ1n) is 9.05. The summed E-state index contributed by atoms with van der Waals surface area (Å²) in [6.07, 6.45) is 25.9. The van der Waals surface area contributed by atoms with Crippen LogP contribution in [0.4, 0.5) is 0 Å². The second kappa shape index (κ2) is 18.6. The molecule has 0 bridgehead atoms. The molecule has 1 N–H and O–H groups in total. The fourth-order valence-corrected chi connectivity index (χ4v) is 2.59. The minimum atomic E-state index is -0.133. The number of rotatable bonds is 15. The highest BCUT2D eigenvalue weighted by molar-refractivity contribution is 7.80. The van der Waals surface area contributed by atoms with Gasteiger partial charge in [0.25, 0.3) is 0 Å². The van der Waals surface area contributed by atoms with Crippen molar-refractivity contribution in [3.05, 3.63) is 36.5 Å². The van der Waals surface area contributed by atoms with E-state index in [9.17, 15) is 5.11 Å². The van der Waals surface area contributed by atoms with E-state index >= 15 is 0 Å². The molecule has 0 radical (unpaired) electrons. The van der Waals surface area contributed by atoms with Gasteiger partial charge in [-0.1, -0.05) is 69.1 Å². The summed E-state index contributed by atoms with van der Waals surface area (Å²) < 4.78 is 0. The number of thiol groups is 1. The lowest BCUT2D eigenvalue weighted by atomic mass is 10.1. The molecular weight excluding hydrogens is 288 g/mol. The quantitative estimate of drug-likeness (QED) is 0.207. The fourth-order valence-electron chi connectivity index (χ4n) is 2.29. The van der Waals surface area contributed by atoms with Crippen LogP contribution in [0.1, 0.15) is 77.6 Å². The Morgan fingerprint density at radius 1 is 0.773 bits per heavy atom. The van der Waals surface area contributed by atoms with E-state index < -0.39 is 0 Å². The smallest absolute Gasteiger partial charge is 0.0548 e. The van der Waals surface area contributed by atoms with Gasteiger partial charge in [0.1, 0.15) is 0 Å². The molecule has 0 aromatic carbocycles. The van der Waals surface area contributed by atoms with E-state index in [1.807, 2.05) is 0 Å². The molecule has 0 aromatic heterocycles. The summed E-state index contributed by atoms with van der Waals surface area (Å²) in [4.78, 5) is 0. The summed E-state index contributed by atoms with van der Waals surface area (Å²) >= 11 is 4.14. The molecule has 0 fully saturated rings. The minimum Gasteiger partial charge on any atom is -0.393 e. The Balaban J connectivity index is 3.25. The summed E-state index contributed by atoms with van der Waals surface area (Å²) in [5.41, 5.74) is 0. The first kappa shape index (κ1) is 21.5. The van der Waals surface area contributed by atoms with Gasteiger partial charge in [0.2, 0.25) is 0 Å². The first-order chi connectivity index (χ1) is 10.8. The monoisotopic (exact) mass is 324 g/mol. The Morgan fingerprint density at radius 3 is 2.05 bits per heavy atom. The van der Waals surface area contributed by atoms with Crippen molar-refractivity contribution in [3.8, 4) is 0 Å². The third-order valence-electron chi connectivity index (χ3n) is 3.65. The number of allylic oxidation sites excluding steroid dienone is 6. The molecule has 0 aliphatic heterocycles. The van der Waals surface area contributed by atoms with Crippen LogP contribution in [0.25, 0.3) is 0 Å². The largest absolute Gasteiger partial charge is 0.393 e. The summed E-state index contributed by atoms with van der Waals surface area (Å²) in [7, 11) is 0. The van der Waals surface area contributed by atoms with Crippen molar-refractivity contribution in [2.24, 2.45) is 0 Å². The van der Waals surface area contributed by atoms with Gasteiger partial charge in [0, 0.05) is 0 Å². The van der Waals surface area contributed by atoms with Crippen LogP contribution in [0.5, 0.6) is 0 Å². The lowest BCUT2D eigenvalue weighted by Crippen LogP contribution is -2.06. The standard InChI is InChI=1S/C20H36OS/c1-2-3-4-5-6-7-8-9-10-11-12-13-14-15-16-17-20(21)18-19-22/h3-4,6-7,9-10,20-22H,2,5,8,11-19H2,1H3/b4-3+,7-6+,10-9+. The minimum absolute atomic E-state index is 0.133. The third-order valence-corrected chi connectivity index (χ3v) is 3.91. The van der Waals surface area contributed by atoms with Crippen LogP contribution in [-0.2, 0) is 0 Å². The van der Waals surface area contributed by atoms with Crippen LogP contribution < -0.4 is 0 Å². The van der Waals surface area contributed by atoms with E-state index in [1.54, 1.807) is 0 Å². The molecule has 0 amide bonds. The molecule has 0 spiro atoms. The van der Waals surface area contributed by atoms with E-state index in [0.29, 0.717) is 0 Å². The maximum absolute atomic E-state index is 9.59. The number of hydrogen-bond acceptors (Lipinski definition) is 2. The lowest BCUT2D eigenvalue weighted by molar-refractivity contribution is 0.158. The molecule has 2 heteroatoms. The maximum Gasteiger partial charge on any atom is 0.0548 e. The van der Waals surface area contributed by atoms with E-state index in [-0.39, 0.29) is 6.10 Å². The molecule has 1 atom stereocenters. The van der Waals surface area contributed by atoms with Crippen LogP contribution in [0, 0.1) is 0 Å². The van der Waals surface area contributed by atoms with E-state index in [1.165, 1.54) is 32.1 Å². The van der Waals surface area contributed by atoms with Crippen molar-refractivity contribution in [1.82, 2.24) is 0 Å². The van der Waals surface area contributed by atoms with E-state index in [0.717, 1.165) is 44.3 Å². The molecule has 0 aliphatic rings. The molecule has 0 aliphatic carbocycles. The molecule has 22 heavy (non-hydrogen) atoms. The average molecular weight is 325 g/mol. The summed E-state index contributed by atoms with van der Waals surface area (Å²) in [5.74, 6) is 0.790. The molecular formula is C20H36OS. The predicted octanol–water partition coefficient (Wildman–Crippen LogP) is 6.26. The zero-order chi connectivity index (χ0) is 16.3. The second-order valence-corrected chi connectivity index (χ2v) is 6.25. The van der Waals surface area contributed by atoms with Crippen LogP contribution in [0.3, 0.4) is 0 Å². The number of aliphatic hydroxyl groups is 1. The van der Waals surface area contributed by atoms with Gasteiger partial charge in [-0.05, 0) is 50.7 Å². The highest BCUT2D eigenvalue weighted by atomic mass is 32.1. The van der Waals surface area contributed by atoms with Gasteiger partial charge in [-0.2, -0.15) is 12.6 Å². The molecule has 0 heterocycles. The van der Waals surface area contributed by atoms with Crippen LogP contribution in [-0.4, -0.2) is 17.0 Å². The molecule has 0 saturated heterocycles. The molecule has 0 rings (SSSR count). The topological polar surface area (TPSA) is 20.2 Å². The van der Waals surface area contributed by atoms with Crippen molar-refractivity contribution in [1.29, 1.82) is 0 Å². The zero-order valence-corrected chi connectivity index (χ0v) is 15.3. The highest BCUT2D eigenvalue weighted by Gasteiger charge is 2.01. The van der Waals surface area contributed by atoms with Gasteiger partial charge in [-0.15, -0.1) is 0 Å². The zero-order valence-electron chi connectivity index (χ0n) is 14.4. The molecule has 0 saturated carbocycles. The Morgan fingerprint density at radius 2 is 1.36 bits per heavy atom. The number of aliphatic hydroxyl groups excluding tert-OH is 1. The fraction of sp³-hybridized carbons (Fsp3) is 0.700. The molecule has 1 nitrogen and oxygen atoms in total. The van der Waals surface area contributed by atoms with Crippen LogP contribution in [0.15, 0.2) is 36.5 Å². The Labute approximate surface area is 144 Å². The number of hydrogen-bond donors (Lipinski definition) is 2. The normalized spacial score (nSPS) is 13.8. The van der Waals surface area contributed by atoms with Crippen molar-refractivity contribution < 1.29 is 5.11 Å². The SMILES string of the molecule is CC/C=C/C/C=C/C/C=C/CCCCCCCC(O)CCS. The number of unbranched alkanes of at least 4 members (excludes halogenated alkanes) is 5. The van der Waals surface area contributed by atoms with Crippen molar-refractivity contribution in [2.75, 3.05) is 5.75 Å². The van der Waals surface area contributed by atoms with Gasteiger partial charge >= 0.3 is 0 Å². The summed E-state index contributed by atoms with van der Waals surface area (Å²) in [6, 6.07) is 0. The van der Waals surface area contributed by atoms with Gasteiger partial charge in [0.15, 0.2) is 0 Å². The summed E-state index contributed by atoms with van der Waals surface area (Å²) in [6.45, 7) is 2.16. The molecule has 1 unspecified atom stereocenters. The second-order valence-electron chi connectivity index (χ2n) is 5.81. The van der Waals surface area contributed by atoms with Gasteiger partial charge in [-0.25, -0.2) is 0 Å². The third kappa shape index (κ3) is 17.6. The summed E-state index contributed by atoms with van der Waals surface area (Å²) in [5, 5.41) is 9.59. The van der Waals surface area contributed by atoms with Crippen molar-refractivity contribution >= 4 is 12.6 Å². The van der Waals surface area contributed by atoms with Gasteiger partial charge < -0.3 is 5.11 Å². The molecule has 0 aromatic rings. The van der Waals surface area contributed by atoms with Gasteiger partial charge in [0.05, 0.1) is 6.10 Å². The maximum atomic E-state index is 9.59. The Kier molecular flexibility index (Phi) is 18.2. The van der Waals surface area contributed by atoms with Crippen LogP contribution in [0.2, 0.25) is 0 Å². The van der Waals surface area contributed by atoms with Gasteiger partial charge in [-0.3, -0.25) is 0 Å². The lowest BCUT2D eigenvalue weighted by Gasteiger charge is -2.07. The molecule has 128 valence electrons. The van der Waals surface area contributed by atoms with Crippen molar-refractivity contribution in [2.45, 2.75) is 83.7 Å². The Hall–Kier alpha value is -0.470. The first-order valence-corrected chi connectivity index (χ1v) is 9.68. The van der Waals surface area contributed by atoms with E-state index in [2.05, 4.69) is 56.0 Å². The predicted molar refractivity (Wildman–Crippen MR) is 104 cm³/mol.